The molecule has 2 aromatic carbocycles. The van der Waals surface area contributed by atoms with Crippen molar-refractivity contribution in [2.75, 3.05) is 0 Å². The van der Waals surface area contributed by atoms with Gasteiger partial charge in [0.2, 0.25) is 0 Å². The number of phenolic OH excluding ortho intramolecular Hbond substituents is 1. The van der Waals surface area contributed by atoms with Gasteiger partial charge in [0.15, 0.2) is 0 Å². The summed E-state index contributed by atoms with van der Waals surface area (Å²) in [5, 5.41) is 9.26. The van der Waals surface area contributed by atoms with Gasteiger partial charge in [-0.2, -0.15) is 13.2 Å². The molecule has 0 aliphatic rings. The lowest BCUT2D eigenvalue weighted by molar-refractivity contribution is -0.137. The van der Waals surface area contributed by atoms with Gasteiger partial charge in [0.1, 0.15) is 17.2 Å². The molecule has 5 heteroatoms. The first-order valence-corrected chi connectivity index (χ1v) is 5.09. The van der Waals surface area contributed by atoms with E-state index in [0.717, 1.165) is 12.1 Å². The molecule has 18 heavy (non-hydrogen) atoms. The van der Waals surface area contributed by atoms with Crippen LogP contribution in [0.4, 0.5) is 13.2 Å². The van der Waals surface area contributed by atoms with Gasteiger partial charge in [-0.1, -0.05) is 18.2 Å². The molecule has 0 aromatic heterocycles. The third kappa shape index (κ3) is 2.94. The average molecular weight is 254 g/mol. The highest BCUT2D eigenvalue weighted by atomic mass is 19.4. The van der Waals surface area contributed by atoms with E-state index in [1.165, 1.54) is 0 Å². The summed E-state index contributed by atoms with van der Waals surface area (Å²) in [6.45, 7) is 0. The smallest absolute Gasteiger partial charge is 0.416 e. The van der Waals surface area contributed by atoms with Crippen LogP contribution in [0.5, 0.6) is 17.2 Å². The zero-order valence-corrected chi connectivity index (χ0v) is 9.11. The fourth-order valence-electron chi connectivity index (χ4n) is 1.43. The Morgan fingerprint density at radius 1 is 0.889 bits per heavy atom. The normalized spacial score (nSPS) is 11.3. The van der Waals surface area contributed by atoms with Crippen LogP contribution in [0.3, 0.4) is 0 Å². The molecule has 0 heterocycles. The summed E-state index contributed by atoms with van der Waals surface area (Å²) in [4.78, 5) is 0. The molecule has 1 N–H and O–H groups in total. The van der Waals surface area contributed by atoms with Gasteiger partial charge in [-0.05, 0) is 24.3 Å². The maximum Gasteiger partial charge on any atom is 0.416 e. The Morgan fingerprint density at radius 2 is 1.56 bits per heavy atom. The number of ether oxygens (including phenoxy) is 1. The topological polar surface area (TPSA) is 29.5 Å². The van der Waals surface area contributed by atoms with Crippen molar-refractivity contribution in [1.29, 1.82) is 0 Å². The highest BCUT2D eigenvalue weighted by Gasteiger charge is 2.31. The van der Waals surface area contributed by atoms with Crippen LogP contribution in [-0.4, -0.2) is 5.11 Å². The summed E-state index contributed by atoms with van der Waals surface area (Å²) >= 11 is 0. The minimum absolute atomic E-state index is 0.0616. The van der Waals surface area contributed by atoms with Gasteiger partial charge >= 0.3 is 6.18 Å². The Bertz CT molecular complexity index is 536. The van der Waals surface area contributed by atoms with E-state index in [4.69, 9.17) is 4.74 Å². The Hall–Kier alpha value is -2.17. The maximum absolute atomic E-state index is 12.5. The second-order valence-electron chi connectivity index (χ2n) is 3.63. The minimum atomic E-state index is -4.52. The molecule has 0 aliphatic carbocycles. The number of aromatic hydroxyl groups is 1. The summed E-state index contributed by atoms with van der Waals surface area (Å²) in [6.07, 6.45) is -4.52. The molecule has 0 fully saturated rings. The van der Waals surface area contributed by atoms with Crippen LogP contribution >= 0.6 is 0 Å². The fourth-order valence-corrected chi connectivity index (χ4v) is 1.43. The zero-order valence-electron chi connectivity index (χ0n) is 9.11. The lowest BCUT2D eigenvalue weighted by Gasteiger charge is -2.10. The molecule has 0 atom stereocenters. The van der Waals surface area contributed by atoms with Gasteiger partial charge in [-0.3, -0.25) is 0 Å². The lowest BCUT2D eigenvalue weighted by atomic mass is 10.2. The molecule has 2 rings (SSSR count). The summed E-state index contributed by atoms with van der Waals surface area (Å²) in [6, 6.07) is 11.0. The lowest BCUT2D eigenvalue weighted by Crippen LogP contribution is -2.04. The quantitative estimate of drug-likeness (QED) is 0.870. The molecule has 0 radical (unpaired) electrons. The van der Waals surface area contributed by atoms with Crippen molar-refractivity contribution in [1.82, 2.24) is 0 Å². The molecule has 0 amide bonds. The number of para-hydroxylation sites is 1. The third-order valence-electron chi connectivity index (χ3n) is 2.20. The number of phenols is 1. The van der Waals surface area contributed by atoms with Crippen molar-refractivity contribution < 1.29 is 23.0 Å². The Morgan fingerprint density at radius 3 is 2.17 bits per heavy atom. The van der Waals surface area contributed by atoms with Gasteiger partial charge in [-0.15, -0.1) is 0 Å². The van der Waals surface area contributed by atoms with E-state index in [-0.39, 0.29) is 5.75 Å². The summed E-state index contributed by atoms with van der Waals surface area (Å²) < 4.78 is 42.8. The van der Waals surface area contributed by atoms with Crippen LogP contribution in [0, 0.1) is 0 Å². The predicted octanol–water partition coefficient (Wildman–Crippen LogP) is 4.20. The van der Waals surface area contributed by atoms with Gasteiger partial charge in [0.25, 0.3) is 0 Å². The van der Waals surface area contributed by atoms with Crippen LogP contribution in [0.2, 0.25) is 0 Å². The van der Waals surface area contributed by atoms with E-state index < -0.39 is 17.5 Å². The predicted molar refractivity (Wildman–Crippen MR) is 59.6 cm³/mol. The minimum Gasteiger partial charge on any atom is -0.508 e. The fraction of sp³-hybridized carbons (Fsp3) is 0.0769. The second-order valence-corrected chi connectivity index (χ2v) is 3.63. The van der Waals surface area contributed by atoms with Crippen molar-refractivity contribution in [3.05, 3.63) is 54.1 Å². The molecule has 2 aromatic rings. The van der Waals surface area contributed by atoms with Crippen LogP contribution in [-0.2, 0) is 6.18 Å². The number of halogens is 3. The van der Waals surface area contributed by atoms with Crippen LogP contribution in [0.1, 0.15) is 5.56 Å². The molecule has 94 valence electrons. The first kappa shape index (κ1) is 12.3. The Kier molecular flexibility index (Phi) is 3.14. The first-order valence-electron chi connectivity index (χ1n) is 5.09. The summed E-state index contributed by atoms with van der Waals surface area (Å²) in [5.41, 5.74) is -0.951. The standard InChI is InChI=1S/C13H9F3O2/c14-13(15,16)9-6-10(17)8-12(7-9)18-11-4-2-1-3-5-11/h1-8,17H. The van der Waals surface area contributed by atoms with E-state index in [2.05, 4.69) is 0 Å². The van der Waals surface area contributed by atoms with Crippen molar-refractivity contribution in [3.8, 4) is 17.2 Å². The molecule has 0 aliphatic heterocycles. The Balaban J connectivity index is 2.32. The monoisotopic (exact) mass is 254 g/mol. The van der Waals surface area contributed by atoms with E-state index >= 15 is 0 Å². The van der Waals surface area contributed by atoms with Gasteiger partial charge < -0.3 is 9.84 Å². The van der Waals surface area contributed by atoms with Crippen LogP contribution in [0.25, 0.3) is 0 Å². The van der Waals surface area contributed by atoms with Crippen LogP contribution < -0.4 is 4.74 Å². The van der Waals surface area contributed by atoms with Crippen LogP contribution in [0.15, 0.2) is 48.5 Å². The molecular formula is C13H9F3O2. The van der Waals surface area contributed by atoms with Crippen molar-refractivity contribution >= 4 is 0 Å². The number of hydrogen-bond acceptors (Lipinski definition) is 2. The number of benzene rings is 2. The molecule has 0 unspecified atom stereocenters. The number of hydrogen-bond donors (Lipinski definition) is 1. The molecule has 0 bridgehead atoms. The van der Waals surface area contributed by atoms with Crippen molar-refractivity contribution in [2.45, 2.75) is 6.18 Å². The molecule has 2 nitrogen and oxygen atoms in total. The number of rotatable bonds is 2. The molecule has 0 saturated heterocycles. The third-order valence-corrected chi connectivity index (χ3v) is 2.20. The number of alkyl halides is 3. The summed E-state index contributed by atoms with van der Waals surface area (Å²) in [5.74, 6) is -0.152. The zero-order chi connectivity index (χ0) is 13.2. The van der Waals surface area contributed by atoms with E-state index in [9.17, 15) is 18.3 Å². The maximum atomic E-state index is 12.5. The summed E-state index contributed by atoms with van der Waals surface area (Å²) in [7, 11) is 0. The van der Waals surface area contributed by atoms with Crippen molar-refractivity contribution in [2.24, 2.45) is 0 Å². The highest BCUT2D eigenvalue weighted by molar-refractivity contribution is 5.41. The molecular weight excluding hydrogens is 245 g/mol. The first-order chi connectivity index (χ1) is 8.45. The average Bonchev–Trinajstić information content (AvgIpc) is 2.28. The molecule has 0 saturated carbocycles. The highest BCUT2D eigenvalue weighted by Crippen LogP contribution is 2.35. The second kappa shape index (κ2) is 4.60. The molecule has 0 spiro atoms. The largest absolute Gasteiger partial charge is 0.508 e. The van der Waals surface area contributed by atoms with Gasteiger partial charge in [-0.25, -0.2) is 0 Å². The van der Waals surface area contributed by atoms with E-state index in [1.54, 1.807) is 30.3 Å². The van der Waals surface area contributed by atoms with Gasteiger partial charge in [0, 0.05) is 6.07 Å². The Labute approximate surface area is 101 Å². The van der Waals surface area contributed by atoms with Gasteiger partial charge in [0.05, 0.1) is 5.56 Å². The SMILES string of the molecule is Oc1cc(Oc2ccccc2)cc(C(F)(F)F)c1. The van der Waals surface area contributed by atoms with E-state index in [0.29, 0.717) is 11.8 Å². The van der Waals surface area contributed by atoms with E-state index in [1.807, 2.05) is 0 Å². The van der Waals surface area contributed by atoms with Crippen molar-refractivity contribution in [3.63, 3.8) is 0 Å².